The number of rotatable bonds is 5. The van der Waals surface area contributed by atoms with E-state index in [1.807, 2.05) is 41.9 Å². The lowest BCUT2D eigenvalue weighted by molar-refractivity contribution is -0.130. The summed E-state index contributed by atoms with van der Waals surface area (Å²) in [5, 5.41) is 3.41. The molecule has 1 aliphatic heterocycles. The summed E-state index contributed by atoms with van der Waals surface area (Å²) in [6.07, 6.45) is 1.55. The van der Waals surface area contributed by atoms with Gasteiger partial charge < -0.3 is 10.2 Å². The van der Waals surface area contributed by atoms with Crippen molar-refractivity contribution < 1.29 is 4.79 Å². The first-order valence-electron chi connectivity index (χ1n) is 6.85. The van der Waals surface area contributed by atoms with Gasteiger partial charge in [0.1, 0.15) is 0 Å². The fourth-order valence-corrected chi connectivity index (χ4v) is 3.13. The minimum absolute atomic E-state index is 0. The average Bonchev–Trinajstić information content (AvgIpc) is 2.47. The lowest BCUT2D eigenvalue weighted by Gasteiger charge is -2.25. The van der Waals surface area contributed by atoms with Crippen LogP contribution in [0, 0.1) is 0 Å². The molecule has 20 heavy (non-hydrogen) atoms. The highest BCUT2D eigenvalue weighted by molar-refractivity contribution is 7.99. The van der Waals surface area contributed by atoms with Crippen molar-refractivity contribution in [3.63, 3.8) is 0 Å². The van der Waals surface area contributed by atoms with Crippen LogP contribution in [0.3, 0.4) is 0 Å². The van der Waals surface area contributed by atoms with E-state index in [-0.39, 0.29) is 18.3 Å². The molecule has 1 aromatic rings. The molecule has 112 valence electrons. The van der Waals surface area contributed by atoms with E-state index in [0.717, 1.165) is 31.0 Å². The van der Waals surface area contributed by atoms with Crippen LogP contribution in [0.15, 0.2) is 30.3 Å². The highest BCUT2D eigenvalue weighted by atomic mass is 35.5. The van der Waals surface area contributed by atoms with E-state index in [1.165, 1.54) is 5.56 Å². The molecule has 1 aromatic carbocycles. The molecule has 1 aliphatic rings. The van der Waals surface area contributed by atoms with Crippen LogP contribution in [-0.2, 0) is 11.2 Å². The van der Waals surface area contributed by atoms with Crippen LogP contribution in [0.2, 0.25) is 0 Å². The van der Waals surface area contributed by atoms with Crippen molar-refractivity contribution in [1.82, 2.24) is 10.2 Å². The lowest BCUT2D eigenvalue weighted by Crippen LogP contribution is -2.42. The van der Waals surface area contributed by atoms with Crippen LogP contribution < -0.4 is 5.32 Å². The van der Waals surface area contributed by atoms with Gasteiger partial charge in [-0.05, 0) is 12.0 Å². The molecule has 5 heteroatoms. The van der Waals surface area contributed by atoms with Gasteiger partial charge in [-0.15, -0.1) is 12.4 Å². The van der Waals surface area contributed by atoms with E-state index in [1.54, 1.807) is 0 Å². The minimum atomic E-state index is 0. The third-order valence-electron chi connectivity index (χ3n) is 3.42. The number of halogens is 1. The number of hydrogen-bond donors (Lipinski definition) is 1. The molecule has 0 bridgehead atoms. The average molecular weight is 315 g/mol. The third kappa shape index (κ3) is 5.73. The molecule has 0 saturated carbocycles. The quantitative estimate of drug-likeness (QED) is 0.904. The number of carbonyl (C=O) groups is 1. The number of amides is 1. The molecular formula is C15H23ClN2OS. The number of hydrogen-bond acceptors (Lipinski definition) is 3. The molecule has 0 radical (unpaired) electrons. The maximum atomic E-state index is 12.1. The van der Waals surface area contributed by atoms with Gasteiger partial charge in [0.15, 0.2) is 0 Å². The fourth-order valence-electron chi connectivity index (χ4n) is 2.18. The minimum Gasteiger partial charge on any atom is -0.345 e. The Morgan fingerprint density at radius 2 is 2.15 bits per heavy atom. The molecule has 1 N–H and O–H groups in total. The van der Waals surface area contributed by atoms with Gasteiger partial charge in [-0.2, -0.15) is 11.8 Å². The van der Waals surface area contributed by atoms with Crippen LogP contribution >= 0.6 is 24.2 Å². The Balaban J connectivity index is 0.00000200. The van der Waals surface area contributed by atoms with Crippen LogP contribution in [0.4, 0.5) is 0 Å². The summed E-state index contributed by atoms with van der Waals surface area (Å²) < 4.78 is 0. The Kier molecular flexibility index (Phi) is 8.04. The van der Waals surface area contributed by atoms with Crippen molar-refractivity contribution in [1.29, 1.82) is 0 Å². The van der Waals surface area contributed by atoms with Crippen LogP contribution in [0.25, 0.3) is 0 Å². The first-order chi connectivity index (χ1) is 9.25. The number of carbonyl (C=O) groups excluding carboxylic acids is 1. The Morgan fingerprint density at radius 1 is 1.40 bits per heavy atom. The van der Waals surface area contributed by atoms with Crippen molar-refractivity contribution in [3.05, 3.63) is 35.9 Å². The lowest BCUT2D eigenvalue weighted by atomic mass is 10.1. The van der Waals surface area contributed by atoms with Crippen molar-refractivity contribution in [2.45, 2.75) is 18.9 Å². The van der Waals surface area contributed by atoms with Crippen LogP contribution in [0.5, 0.6) is 0 Å². The topological polar surface area (TPSA) is 32.3 Å². The van der Waals surface area contributed by atoms with Crippen molar-refractivity contribution in [2.75, 3.05) is 31.6 Å². The molecule has 1 heterocycles. The molecule has 1 saturated heterocycles. The zero-order valence-electron chi connectivity index (χ0n) is 11.9. The van der Waals surface area contributed by atoms with Crippen molar-refractivity contribution in [2.24, 2.45) is 0 Å². The number of nitrogens with one attached hydrogen (secondary N) is 1. The van der Waals surface area contributed by atoms with E-state index in [4.69, 9.17) is 0 Å². The second-order valence-corrected chi connectivity index (χ2v) is 6.13. The molecule has 1 fully saturated rings. The van der Waals surface area contributed by atoms with Gasteiger partial charge in [-0.3, -0.25) is 4.79 Å². The second-order valence-electron chi connectivity index (χ2n) is 4.98. The summed E-state index contributed by atoms with van der Waals surface area (Å²) in [5.74, 6) is 2.46. The van der Waals surface area contributed by atoms with Gasteiger partial charge in [-0.25, -0.2) is 0 Å². The number of nitrogens with zero attached hydrogens (tertiary/aromatic N) is 1. The van der Waals surface area contributed by atoms with Crippen LogP contribution in [-0.4, -0.2) is 48.5 Å². The number of benzene rings is 1. The third-order valence-corrected chi connectivity index (χ3v) is 4.55. The summed E-state index contributed by atoms with van der Waals surface area (Å²) in [6, 6.07) is 10.7. The molecule has 1 atom stereocenters. The second kappa shape index (κ2) is 9.27. The summed E-state index contributed by atoms with van der Waals surface area (Å²) in [6.45, 7) is 1.82. The van der Waals surface area contributed by atoms with E-state index in [2.05, 4.69) is 17.4 Å². The summed E-state index contributed by atoms with van der Waals surface area (Å²) in [5.41, 5.74) is 1.29. The van der Waals surface area contributed by atoms with Crippen molar-refractivity contribution >= 4 is 30.1 Å². The van der Waals surface area contributed by atoms with Crippen molar-refractivity contribution in [3.8, 4) is 0 Å². The van der Waals surface area contributed by atoms with Gasteiger partial charge in [0.25, 0.3) is 0 Å². The Morgan fingerprint density at radius 3 is 2.80 bits per heavy atom. The first kappa shape index (κ1) is 17.3. The maximum absolute atomic E-state index is 12.1. The Bertz CT molecular complexity index is 396. The summed E-state index contributed by atoms with van der Waals surface area (Å²) in [4.78, 5) is 14.0. The molecule has 1 amide bonds. The molecule has 0 spiro atoms. The Labute approximate surface area is 131 Å². The summed E-state index contributed by atoms with van der Waals surface area (Å²) in [7, 11) is 1.90. The van der Waals surface area contributed by atoms with Gasteiger partial charge in [0.2, 0.25) is 5.91 Å². The van der Waals surface area contributed by atoms with E-state index >= 15 is 0 Å². The highest BCUT2D eigenvalue weighted by Crippen LogP contribution is 2.11. The molecule has 1 unspecified atom stereocenters. The van der Waals surface area contributed by atoms with Gasteiger partial charge in [0.05, 0.1) is 0 Å². The standard InChI is InChI=1S/C15H22N2OS.ClH/c1-17(9-7-13-5-3-2-4-6-13)15(18)11-14-12-19-10-8-16-14;/h2-6,14,16H,7-12H2,1H3;1H. The predicted octanol–water partition coefficient (Wildman–Crippen LogP) is 2.20. The molecule has 0 aliphatic carbocycles. The van der Waals surface area contributed by atoms with Gasteiger partial charge in [-0.1, -0.05) is 30.3 Å². The normalized spacial score (nSPS) is 18.1. The monoisotopic (exact) mass is 314 g/mol. The number of thioether (sulfide) groups is 1. The maximum Gasteiger partial charge on any atom is 0.223 e. The first-order valence-corrected chi connectivity index (χ1v) is 8.00. The summed E-state index contributed by atoms with van der Waals surface area (Å²) >= 11 is 1.93. The highest BCUT2D eigenvalue weighted by Gasteiger charge is 2.18. The SMILES string of the molecule is CN(CCc1ccccc1)C(=O)CC1CSCCN1.Cl. The zero-order chi connectivity index (χ0) is 13.5. The number of likely N-dealkylation sites (N-methyl/N-ethyl adjacent to an activating group) is 1. The molecular weight excluding hydrogens is 292 g/mol. The smallest absolute Gasteiger partial charge is 0.223 e. The van der Waals surface area contributed by atoms with E-state index in [0.29, 0.717) is 12.5 Å². The predicted molar refractivity (Wildman–Crippen MR) is 88.8 cm³/mol. The van der Waals surface area contributed by atoms with Crippen LogP contribution in [0.1, 0.15) is 12.0 Å². The van der Waals surface area contributed by atoms with Gasteiger partial charge in [0, 0.05) is 44.1 Å². The van der Waals surface area contributed by atoms with Gasteiger partial charge >= 0.3 is 0 Å². The molecule has 3 nitrogen and oxygen atoms in total. The largest absolute Gasteiger partial charge is 0.345 e. The molecule has 0 aromatic heterocycles. The van der Waals surface area contributed by atoms with E-state index in [9.17, 15) is 4.79 Å². The molecule has 2 rings (SSSR count). The Hall–Kier alpha value is -0.710. The van der Waals surface area contributed by atoms with E-state index < -0.39 is 0 Å². The zero-order valence-corrected chi connectivity index (χ0v) is 13.5. The fraction of sp³-hybridized carbons (Fsp3) is 0.533.